The van der Waals surface area contributed by atoms with E-state index in [0.29, 0.717) is 11.7 Å². The Labute approximate surface area is 138 Å². The Hall–Kier alpha value is -1.91. The van der Waals surface area contributed by atoms with Crippen molar-refractivity contribution in [1.82, 2.24) is 9.97 Å². The highest BCUT2D eigenvalue weighted by Crippen LogP contribution is 2.29. The van der Waals surface area contributed by atoms with E-state index in [0.717, 1.165) is 27.7 Å². The predicted molar refractivity (Wildman–Crippen MR) is 93.3 cm³/mol. The molecule has 0 aliphatic carbocycles. The second kappa shape index (κ2) is 6.46. The molecule has 0 fully saturated rings. The fourth-order valence-electron chi connectivity index (χ4n) is 2.35. The van der Waals surface area contributed by atoms with Crippen molar-refractivity contribution in [1.29, 1.82) is 0 Å². The Kier molecular flexibility index (Phi) is 4.41. The van der Waals surface area contributed by atoms with Gasteiger partial charge in [0.2, 0.25) is 0 Å². The zero-order valence-corrected chi connectivity index (χ0v) is 13.7. The van der Waals surface area contributed by atoms with E-state index in [2.05, 4.69) is 23.4 Å². The lowest BCUT2D eigenvalue weighted by Gasteiger charge is -2.09. The summed E-state index contributed by atoms with van der Waals surface area (Å²) in [6.45, 7) is 2.18. The molecule has 1 unspecified atom stereocenters. The third-order valence-electron chi connectivity index (χ3n) is 3.49. The molecule has 3 rings (SSSR count). The number of thiazole rings is 1. The smallest absolute Gasteiger partial charge is 0.123 e. The first-order valence-corrected chi connectivity index (χ1v) is 8.29. The number of benzene rings is 1. The number of rotatable bonds is 4. The Morgan fingerprint density at radius 3 is 2.91 bits per heavy atom. The van der Waals surface area contributed by atoms with Gasteiger partial charge in [0, 0.05) is 28.1 Å². The number of aromatic nitrogens is 2. The molecule has 2 N–H and O–H groups in total. The SMILES string of the molecule is CC(Cc1cccc(Cl)c1)c1csc(-c2ccnc(N)c2)n1. The molecule has 0 spiro atoms. The molecule has 5 heteroatoms. The molecule has 22 heavy (non-hydrogen) atoms. The van der Waals surface area contributed by atoms with E-state index in [1.807, 2.05) is 30.3 Å². The molecule has 3 nitrogen and oxygen atoms in total. The molecule has 112 valence electrons. The minimum atomic E-state index is 0.336. The summed E-state index contributed by atoms with van der Waals surface area (Å²) in [7, 11) is 0. The van der Waals surface area contributed by atoms with Gasteiger partial charge in [-0.1, -0.05) is 30.7 Å². The van der Waals surface area contributed by atoms with E-state index in [1.54, 1.807) is 17.5 Å². The first kappa shape index (κ1) is 15.0. The van der Waals surface area contributed by atoms with E-state index in [4.69, 9.17) is 22.3 Å². The van der Waals surface area contributed by atoms with Gasteiger partial charge in [0.15, 0.2) is 0 Å². The van der Waals surface area contributed by atoms with Crippen LogP contribution in [0.2, 0.25) is 5.02 Å². The van der Waals surface area contributed by atoms with Crippen molar-refractivity contribution in [3.8, 4) is 10.6 Å². The van der Waals surface area contributed by atoms with Crippen LogP contribution >= 0.6 is 22.9 Å². The van der Waals surface area contributed by atoms with Gasteiger partial charge in [-0.05, 0) is 36.2 Å². The summed E-state index contributed by atoms with van der Waals surface area (Å²) < 4.78 is 0. The first-order valence-electron chi connectivity index (χ1n) is 7.03. The van der Waals surface area contributed by atoms with Crippen LogP contribution in [0.1, 0.15) is 24.1 Å². The molecule has 0 aliphatic heterocycles. The fourth-order valence-corrected chi connectivity index (χ4v) is 3.50. The second-order valence-corrected chi connectivity index (χ2v) is 6.58. The number of hydrogen-bond donors (Lipinski definition) is 1. The minimum Gasteiger partial charge on any atom is -0.384 e. The number of pyridine rings is 1. The summed E-state index contributed by atoms with van der Waals surface area (Å²) in [5.41, 5.74) is 9.06. The lowest BCUT2D eigenvalue weighted by atomic mass is 9.99. The van der Waals surface area contributed by atoms with E-state index in [-0.39, 0.29) is 0 Å². The van der Waals surface area contributed by atoms with Crippen LogP contribution in [0.4, 0.5) is 5.82 Å². The van der Waals surface area contributed by atoms with Crippen LogP contribution < -0.4 is 5.73 Å². The lowest BCUT2D eigenvalue weighted by Crippen LogP contribution is -1.99. The molecule has 3 aromatic rings. The molecule has 0 bridgehead atoms. The zero-order valence-electron chi connectivity index (χ0n) is 12.2. The Morgan fingerprint density at radius 2 is 2.14 bits per heavy atom. The normalized spacial score (nSPS) is 12.3. The van der Waals surface area contributed by atoms with Crippen molar-refractivity contribution >= 4 is 28.8 Å². The van der Waals surface area contributed by atoms with Crippen molar-refractivity contribution < 1.29 is 0 Å². The molecule has 0 radical (unpaired) electrons. The van der Waals surface area contributed by atoms with Gasteiger partial charge in [-0.2, -0.15) is 0 Å². The van der Waals surface area contributed by atoms with Gasteiger partial charge in [0.05, 0.1) is 5.69 Å². The van der Waals surface area contributed by atoms with Gasteiger partial charge < -0.3 is 5.73 Å². The topological polar surface area (TPSA) is 51.8 Å². The van der Waals surface area contributed by atoms with Gasteiger partial charge in [0.25, 0.3) is 0 Å². The minimum absolute atomic E-state index is 0.336. The third-order valence-corrected chi connectivity index (χ3v) is 4.63. The van der Waals surface area contributed by atoms with Gasteiger partial charge in [-0.25, -0.2) is 9.97 Å². The first-order chi connectivity index (χ1) is 10.6. The Balaban J connectivity index is 1.78. The molecule has 0 aliphatic rings. The maximum Gasteiger partial charge on any atom is 0.123 e. The largest absolute Gasteiger partial charge is 0.384 e. The predicted octanol–water partition coefficient (Wildman–Crippen LogP) is 4.79. The molecule has 2 heterocycles. The number of hydrogen-bond acceptors (Lipinski definition) is 4. The monoisotopic (exact) mass is 329 g/mol. The number of anilines is 1. The summed E-state index contributed by atoms with van der Waals surface area (Å²) in [5.74, 6) is 0.851. The van der Waals surface area contributed by atoms with Crippen molar-refractivity contribution in [3.63, 3.8) is 0 Å². The Bertz CT molecular complexity index is 785. The molecule has 1 atom stereocenters. The van der Waals surface area contributed by atoms with E-state index < -0.39 is 0 Å². The third kappa shape index (κ3) is 3.46. The van der Waals surface area contributed by atoms with Crippen LogP contribution in [-0.4, -0.2) is 9.97 Å². The molecule has 2 aromatic heterocycles. The molecule has 0 saturated heterocycles. The summed E-state index contributed by atoms with van der Waals surface area (Å²) in [6, 6.07) is 11.8. The van der Waals surface area contributed by atoms with Gasteiger partial charge in [0.1, 0.15) is 10.8 Å². The van der Waals surface area contributed by atoms with Gasteiger partial charge in [-0.3, -0.25) is 0 Å². The summed E-state index contributed by atoms with van der Waals surface area (Å²) >= 11 is 7.67. The second-order valence-electron chi connectivity index (χ2n) is 5.28. The zero-order chi connectivity index (χ0) is 15.5. The maximum atomic E-state index is 6.04. The number of halogens is 1. The fraction of sp³-hybridized carbons (Fsp3) is 0.176. The van der Waals surface area contributed by atoms with Crippen LogP contribution in [0.25, 0.3) is 10.6 Å². The van der Waals surface area contributed by atoms with E-state index >= 15 is 0 Å². The summed E-state index contributed by atoms with van der Waals surface area (Å²) in [5, 5.41) is 3.86. The van der Waals surface area contributed by atoms with E-state index in [9.17, 15) is 0 Å². The van der Waals surface area contributed by atoms with Crippen molar-refractivity contribution in [3.05, 3.63) is 64.3 Å². The molecule has 0 amide bonds. The highest BCUT2D eigenvalue weighted by Gasteiger charge is 2.12. The molecular weight excluding hydrogens is 314 g/mol. The number of nitrogens with zero attached hydrogens (tertiary/aromatic N) is 2. The van der Waals surface area contributed by atoms with Crippen molar-refractivity contribution in [2.24, 2.45) is 0 Å². The highest BCUT2D eigenvalue weighted by atomic mass is 35.5. The average Bonchev–Trinajstić information content (AvgIpc) is 2.97. The van der Waals surface area contributed by atoms with Crippen molar-refractivity contribution in [2.75, 3.05) is 5.73 Å². The van der Waals surface area contributed by atoms with Crippen LogP contribution in [0.5, 0.6) is 0 Å². The molecule has 1 aromatic carbocycles. The standard InChI is InChI=1S/C17H16ClN3S/c1-11(7-12-3-2-4-14(18)8-12)15-10-22-17(21-15)13-5-6-20-16(19)9-13/h2-6,8-11H,7H2,1H3,(H2,19,20). The maximum absolute atomic E-state index is 6.04. The molecular formula is C17H16ClN3S. The van der Waals surface area contributed by atoms with Crippen molar-refractivity contribution in [2.45, 2.75) is 19.3 Å². The van der Waals surface area contributed by atoms with Crippen LogP contribution in [-0.2, 0) is 6.42 Å². The summed E-state index contributed by atoms with van der Waals surface area (Å²) in [6.07, 6.45) is 2.63. The van der Waals surface area contributed by atoms with Gasteiger partial charge in [-0.15, -0.1) is 11.3 Å². The van der Waals surface area contributed by atoms with Crippen LogP contribution in [0.3, 0.4) is 0 Å². The number of nitrogens with two attached hydrogens (primary N) is 1. The highest BCUT2D eigenvalue weighted by molar-refractivity contribution is 7.13. The van der Waals surface area contributed by atoms with E-state index in [1.165, 1.54) is 5.56 Å². The quantitative estimate of drug-likeness (QED) is 0.749. The average molecular weight is 330 g/mol. The summed E-state index contributed by atoms with van der Waals surface area (Å²) in [4.78, 5) is 8.76. The number of nitrogen functional groups attached to an aromatic ring is 1. The lowest BCUT2D eigenvalue weighted by molar-refractivity contribution is 0.738. The molecule has 0 saturated carbocycles. The van der Waals surface area contributed by atoms with Gasteiger partial charge >= 0.3 is 0 Å². The Morgan fingerprint density at radius 1 is 1.27 bits per heavy atom. The van der Waals surface area contributed by atoms with Crippen LogP contribution in [0, 0.1) is 0 Å². The van der Waals surface area contributed by atoms with Crippen LogP contribution in [0.15, 0.2) is 48.0 Å².